The molecule has 140 valence electrons. The monoisotopic (exact) mass is 348 g/mol. The highest BCUT2D eigenvalue weighted by Gasteiger charge is 2.51. The third kappa shape index (κ3) is 4.00. The van der Waals surface area contributed by atoms with Crippen LogP contribution in [0, 0.1) is 23.2 Å². The van der Waals surface area contributed by atoms with Crippen molar-refractivity contribution in [3.63, 3.8) is 0 Å². The highest BCUT2D eigenvalue weighted by Crippen LogP contribution is 2.61. The van der Waals surface area contributed by atoms with Crippen LogP contribution < -0.4 is 10.7 Å². The van der Waals surface area contributed by atoms with Crippen LogP contribution in [0.4, 0.5) is 0 Å². The van der Waals surface area contributed by atoms with E-state index in [4.69, 9.17) is 0 Å². The zero-order chi connectivity index (χ0) is 17.4. The number of piperazine rings is 1. The Bertz CT molecular complexity index is 492. The first-order valence-corrected chi connectivity index (χ1v) is 9.99. The fourth-order valence-electron chi connectivity index (χ4n) is 6.22. The highest BCUT2D eigenvalue weighted by molar-refractivity contribution is 5.84. The van der Waals surface area contributed by atoms with Gasteiger partial charge >= 0.3 is 0 Å². The number of carbonyl (C=O) groups excluding carboxylic acids is 2. The second kappa shape index (κ2) is 6.88. The largest absolute Gasteiger partial charge is 0.347 e. The maximum atomic E-state index is 12.5. The van der Waals surface area contributed by atoms with E-state index < -0.39 is 0 Å². The van der Waals surface area contributed by atoms with Crippen LogP contribution in [-0.4, -0.2) is 61.5 Å². The van der Waals surface area contributed by atoms with Crippen LogP contribution in [0.3, 0.4) is 0 Å². The molecular weight excluding hydrogens is 316 g/mol. The standard InChI is InChI=1S/C19H32N4O2/c1-22-2-4-23(5-3-22)21-18(25)13-20-17(24)12-19-9-14-6-15(10-19)8-16(7-14)11-19/h14-16H,2-13H2,1H3,(H,20,24)(H,21,25). The lowest BCUT2D eigenvalue weighted by Crippen LogP contribution is -2.54. The average Bonchev–Trinajstić information content (AvgIpc) is 2.53. The Morgan fingerprint density at radius 2 is 1.48 bits per heavy atom. The van der Waals surface area contributed by atoms with Gasteiger partial charge in [0, 0.05) is 32.6 Å². The number of hydrazine groups is 1. The maximum Gasteiger partial charge on any atom is 0.253 e. The summed E-state index contributed by atoms with van der Waals surface area (Å²) in [6.45, 7) is 3.68. The Kier molecular flexibility index (Phi) is 4.75. The Balaban J connectivity index is 1.21. The molecule has 1 saturated heterocycles. The van der Waals surface area contributed by atoms with Crippen LogP contribution in [0.2, 0.25) is 0 Å². The Hall–Kier alpha value is -1.14. The third-order valence-electron chi connectivity index (χ3n) is 6.93. The van der Waals surface area contributed by atoms with Crippen molar-refractivity contribution in [3.05, 3.63) is 0 Å². The third-order valence-corrected chi connectivity index (χ3v) is 6.93. The number of hydrogen-bond acceptors (Lipinski definition) is 4. The molecule has 4 saturated carbocycles. The van der Waals surface area contributed by atoms with E-state index in [2.05, 4.69) is 22.7 Å². The van der Waals surface area contributed by atoms with Gasteiger partial charge in [0.05, 0.1) is 6.54 Å². The number of nitrogens with zero attached hydrogens (tertiary/aromatic N) is 2. The lowest BCUT2D eigenvalue weighted by molar-refractivity contribution is -0.133. The zero-order valence-electron chi connectivity index (χ0n) is 15.4. The van der Waals surface area contributed by atoms with Crippen LogP contribution in [0.15, 0.2) is 0 Å². The van der Waals surface area contributed by atoms with E-state index in [1.807, 2.05) is 5.01 Å². The summed E-state index contributed by atoms with van der Waals surface area (Å²) in [5, 5.41) is 4.82. The van der Waals surface area contributed by atoms with Gasteiger partial charge in [-0.05, 0) is 68.7 Å². The maximum absolute atomic E-state index is 12.5. The van der Waals surface area contributed by atoms with Crippen LogP contribution >= 0.6 is 0 Å². The van der Waals surface area contributed by atoms with Crippen molar-refractivity contribution in [3.8, 4) is 0 Å². The molecule has 6 nitrogen and oxygen atoms in total. The summed E-state index contributed by atoms with van der Waals surface area (Å²) in [4.78, 5) is 26.8. The van der Waals surface area contributed by atoms with Gasteiger partial charge in [0.2, 0.25) is 5.91 Å². The molecule has 4 bridgehead atoms. The van der Waals surface area contributed by atoms with E-state index in [1.165, 1.54) is 38.5 Å². The molecule has 5 aliphatic rings. The van der Waals surface area contributed by atoms with Gasteiger partial charge < -0.3 is 10.2 Å². The van der Waals surface area contributed by atoms with E-state index in [0.29, 0.717) is 6.42 Å². The van der Waals surface area contributed by atoms with E-state index in [0.717, 1.165) is 43.9 Å². The number of likely N-dealkylation sites (N-methyl/N-ethyl adjacent to an activating group) is 1. The van der Waals surface area contributed by atoms with Crippen molar-refractivity contribution in [1.82, 2.24) is 20.7 Å². The van der Waals surface area contributed by atoms with Crippen molar-refractivity contribution in [2.45, 2.75) is 44.9 Å². The van der Waals surface area contributed by atoms with E-state index in [1.54, 1.807) is 0 Å². The molecule has 0 aromatic heterocycles. The number of amides is 2. The van der Waals surface area contributed by atoms with Gasteiger partial charge in [-0.1, -0.05) is 0 Å². The minimum absolute atomic E-state index is 0.0653. The SMILES string of the molecule is CN1CCN(NC(=O)CNC(=O)CC23CC4CC(CC(C4)C2)C3)CC1. The fraction of sp³-hybridized carbons (Fsp3) is 0.895. The number of carbonyl (C=O) groups is 2. The van der Waals surface area contributed by atoms with Gasteiger partial charge in [0.1, 0.15) is 0 Å². The molecule has 0 aromatic carbocycles. The molecule has 25 heavy (non-hydrogen) atoms. The van der Waals surface area contributed by atoms with Crippen LogP contribution in [0.5, 0.6) is 0 Å². The molecule has 5 fully saturated rings. The van der Waals surface area contributed by atoms with Crippen molar-refractivity contribution >= 4 is 11.8 Å². The molecule has 6 heteroatoms. The van der Waals surface area contributed by atoms with Gasteiger partial charge in [-0.25, -0.2) is 5.01 Å². The van der Waals surface area contributed by atoms with Crippen molar-refractivity contribution < 1.29 is 9.59 Å². The summed E-state index contributed by atoms with van der Waals surface area (Å²) in [6, 6.07) is 0. The van der Waals surface area contributed by atoms with Crippen LogP contribution in [0.25, 0.3) is 0 Å². The zero-order valence-corrected chi connectivity index (χ0v) is 15.4. The number of rotatable bonds is 5. The minimum atomic E-state index is -0.108. The molecule has 4 aliphatic carbocycles. The highest BCUT2D eigenvalue weighted by atomic mass is 16.2. The van der Waals surface area contributed by atoms with Gasteiger partial charge in [-0.15, -0.1) is 0 Å². The minimum Gasteiger partial charge on any atom is -0.347 e. The van der Waals surface area contributed by atoms with Crippen molar-refractivity contribution in [1.29, 1.82) is 0 Å². The second-order valence-electron chi connectivity index (χ2n) is 9.20. The summed E-state index contributed by atoms with van der Waals surface area (Å²) < 4.78 is 0. The summed E-state index contributed by atoms with van der Waals surface area (Å²) in [7, 11) is 2.09. The van der Waals surface area contributed by atoms with Gasteiger partial charge in [0.25, 0.3) is 5.91 Å². The van der Waals surface area contributed by atoms with E-state index in [-0.39, 0.29) is 23.8 Å². The number of nitrogens with one attached hydrogen (secondary N) is 2. The van der Waals surface area contributed by atoms with E-state index in [9.17, 15) is 9.59 Å². The first-order valence-electron chi connectivity index (χ1n) is 9.99. The molecule has 0 aromatic rings. The summed E-state index contributed by atoms with van der Waals surface area (Å²) >= 11 is 0. The summed E-state index contributed by atoms with van der Waals surface area (Å²) in [6.07, 6.45) is 8.52. The predicted molar refractivity (Wildman–Crippen MR) is 95.4 cm³/mol. The Morgan fingerprint density at radius 1 is 0.920 bits per heavy atom. The molecule has 0 unspecified atom stereocenters. The Labute approximate surface area is 150 Å². The average molecular weight is 348 g/mol. The lowest BCUT2D eigenvalue weighted by atomic mass is 9.49. The van der Waals surface area contributed by atoms with Crippen molar-refractivity contribution in [2.75, 3.05) is 39.8 Å². The predicted octanol–water partition coefficient (Wildman–Crippen LogP) is 0.988. The smallest absolute Gasteiger partial charge is 0.253 e. The van der Waals surface area contributed by atoms with Gasteiger partial charge in [-0.3, -0.25) is 15.0 Å². The lowest BCUT2D eigenvalue weighted by Gasteiger charge is -2.56. The molecule has 1 aliphatic heterocycles. The first kappa shape index (κ1) is 17.3. The van der Waals surface area contributed by atoms with Crippen LogP contribution in [0.1, 0.15) is 44.9 Å². The topological polar surface area (TPSA) is 64.7 Å². The van der Waals surface area contributed by atoms with Gasteiger partial charge in [-0.2, -0.15) is 0 Å². The van der Waals surface area contributed by atoms with Crippen molar-refractivity contribution in [2.24, 2.45) is 23.2 Å². The summed E-state index contributed by atoms with van der Waals surface area (Å²) in [5.74, 6) is 2.54. The molecule has 5 rings (SSSR count). The molecule has 0 atom stereocenters. The molecule has 0 radical (unpaired) electrons. The molecular formula is C19H32N4O2. The van der Waals surface area contributed by atoms with E-state index >= 15 is 0 Å². The first-order chi connectivity index (χ1) is 12.0. The number of hydrogen-bond donors (Lipinski definition) is 2. The fourth-order valence-corrected chi connectivity index (χ4v) is 6.22. The molecule has 1 heterocycles. The summed E-state index contributed by atoms with van der Waals surface area (Å²) in [5.41, 5.74) is 3.15. The van der Waals surface area contributed by atoms with Gasteiger partial charge in [0.15, 0.2) is 0 Å². The Morgan fingerprint density at radius 3 is 2.04 bits per heavy atom. The second-order valence-corrected chi connectivity index (χ2v) is 9.20. The molecule has 0 spiro atoms. The molecule has 2 N–H and O–H groups in total. The normalized spacial score (nSPS) is 37.9. The quantitative estimate of drug-likeness (QED) is 0.778. The molecule has 2 amide bonds. The van der Waals surface area contributed by atoms with Crippen LogP contribution in [-0.2, 0) is 9.59 Å².